The summed E-state index contributed by atoms with van der Waals surface area (Å²) in [5, 5.41) is 4.81. The molecule has 1 aliphatic heterocycles. The molecule has 0 N–H and O–H groups in total. The molecule has 25 heavy (non-hydrogen) atoms. The van der Waals surface area contributed by atoms with Crippen molar-refractivity contribution in [2.75, 3.05) is 0 Å². The summed E-state index contributed by atoms with van der Waals surface area (Å²) >= 11 is 0. The lowest BCUT2D eigenvalue weighted by Crippen LogP contribution is -2.32. The third-order valence-electron chi connectivity index (χ3n) is 5.36. The van der Waals surface area contributed by atoms with Crippen LogP contribution >= 0.6 is 0 Å². The van der Waals surface area contributed by atoms with Gasteiger partial charge in [-0.05, 0) is 54.8 Å². The molecule has 5 rings (SSSR count). The van der Waals surface area contributed by atoms with Gasteiger partial charge in [-0.2, -0.15) is 0 Å². The summed E-state index contributed by atoms with van der Waals surface area (Å²) in [6.45, 7) is 6.43. The van der Waals surface area contributed by atoms with Crippen LogP contribution in [0.15, 0.2) is 42.9 Å². The summed E-state index contributed by atoms with van der Waals surface area (Å²) in [6, 6.07) is 8.63. The Morgan fingerprint density at radius 3 is 2.68 bits per heavy atom. The van der Waals surface area contributed by atoms with Crippen molar-refractivity contribution in [1.29, 1.82) is 0 Å². The van der Waals surface area contributed by atoms with Crippen LogP contribution in [0.2, 0.25) is 0 Å². The minimum Gasteiger partial charge on any atom is -0.455 e. The molecule has 0 saturated heterocycles. The van der Waals surface area contributed by atoms with E-state index in [1.807, 2.05) is 12.4 Å². The Morgan fingerprint density at radius 1 is 1.00 bits per heavy atom. The van der Waals surface area contributed by atoms with Crippen molar-refractivity contribution in [3.8, 4) is 22.8 Å². The van der Waals surface area contributed by atoms with Gasteiger partial charge in [0.15, 0.2) is 6.20 Å². The lowest BCUT2D eigenvalue weighted by atomic mass is 9.89. The summed E-state index contributed by atoms with van der Waals surface area (Å²) in [7, 11) is 2.11. The van der Waals surface area contributed by atoms with Gasteiger partial charge in [0.2, 0.25) is 5.69 Å². The molecule has 0 bridgehead atoms. The Hall–Kier alpha value is -2.94. The first-order valence-corrected chi connectivity index (χ1v) is 8.54. The topological polar surface area (TPSA) is 26.0 Å². The van der Waals surface area contributed by atoms with Crippen LogP contribution in [-0.4, -0.2) is 4.98 Å². The maximum Gasteiger partial charge on any atom is 0.228 e. The van der Waals surface area contributed by atoms with Crippen molar-refractivity contribution in [1.82, 2.24) is 4.98 Å². The van der Waals surface area contributed by atoms with Gasteiger partial charge in [0.1, 0.15) is 18.5 Å². The highest BCUT2D eigenvalue weighted by Crippen LogP contribution is 2.50. The van der Waals surface area contributed by atoms with Crippen molar-refractivity contribution in [3.05, 3.63) is 59.5 Å². The van der Waals surface area contributed by atoms with Gasteiger partial charge in [-0.1, -0.05) is 6.07 Å². The normalized spacial score (nSPS) is 12.3. The van der Waals surface area contributed by atoms with E-state index >= 15 is 0 Å². The molecular formula is C22H19N2O+. The smallest absolute Gasteiger partial charge is 0.228 e. The monoisotopic (exact) mass is 327 g/mol. The number of nitrogens with zero attached hydrogens (tertiary/aromatic N) is 2. The minimum atomic E-state index is 0.944. The van der Waals surface area contributed by atoms with Crippen molar-refractivity contribution in [2.45, 2.75) is 20.8 Å². The molecule has 0 unspecified atom stereocenters. The van der Waals surface area contributed by atoms with E-state index in [0.29, 0.717) is 0 Å². The third-order valence-corrected chi connectivity index (χ3v) is 5.36. The van der Waals surface area contributed by atoms with Crippen molar-refractivity contribution < 1.29 is 9.30 Å². The van der Waals surface area contributed by atoms with Gasteiger partial charge < -0.3 is 4.74 Å². The zero-order valence-corrected chi connectivity index (χ0v) is 14.8. The van der Waals surface area contributed by atoms with E-state index < -0.39 is 0 Å². The van der Waals surface area contributed by atoms with E-state index in [-0.39, 0.29) is 0 Å². The zero-order valence-electron chi connectivity index (χ0n) is 14.8. The first-order valence-electron chi connectivity index (χ1n) is 8.54. The fraction of sp³-hybridized carbons (Fsp3) is 0.182. The predicted molar refractivity (Wildman–Crippen MR) is 100 cm³/mol. The van der Waals surface area contributed by atoms with Gasteiger partial charge in [0.05, 0.1) is 10.9 Å². The number of rotatable bonds is 0. The molecule has 0 saturated carbocycles. The fourth-order valence-corrected chi connectivity index (χ4v) is 4.15. The first-order chi connectivity index (χ1) is 12.1. The Balaban J connectivity index is 2.05. The maximum absolute atomic E-state index is 6.46. The highest BCUT2D eigenvalue weighted by molar-refractivity contribution is 6.06. The maximum atomic E-state index is 6.46. The second kappa shape index (κ2) is 4.79. The zero-order chi connectivity index (χ0) is 17.3. The van der Waals surface area contributed by atoms with Gasteiger partial charge in [-0.3, -0.25) is 4.98 Å². The molecule has 0 atom stereocenters. The summed E-state index contributed by atoms with van der Waals surface area (Å²) in [4.78, 5) is 4.32. The molecule has 4 aromatic rings. The average molecular weight is 327 g/mol. The van der Waals surface area contributed by atoms with E-state index in [2.05, 4.69) is 67.8 Å². The largest absolute Gasteiger partial charge is 0.455 e. The predicted octanol–water partition coefficient (Wildman–Crippen LogP) is 4.91. The Bertz CT molecular complexity index is 1210. The quantitative estimate of drug-likeness (QED) is 0.378. The SMILES string of the molecule is Cc1cc2c3c([n+](C)ccc3c1)-c1c(c(C)c3cnccc3c1C)O2. The molecule has 2 aromatic heterocycles. The second-order valence-corrected chi connectivity index (χ2v) is 6.98. The number of hydrogen-bond donors (Lipinski definition) is 0. The van der Waals surface area contributed by atoms with Crippen LogP contribution in [0.3, 0.4) is 0 Å². The van der Waals surface area contributed by atoms with Crippen LogP contribution in [0.4, 0.5) is 0 Å². The van der Waals surface area contributed by atoms with Gasteiger partial charge in [-0.25, -0.2) is 4.57 Å². The molecule has 0 spiro atoms. The van der Waals surface area contributed by atoms with E-state index in [9.17, 15) is 0 Å². The Labute approximate surface area is 146 Å². The molecule has 1 aliphatic rings. The van der Waals surface area contributed by atoms with E-state index in [1.54, 1.807) is 0 Å². The van der Waals surface area contributed by atoms with Crippen LogP contribution in [0.5, 0.6) is 11.5 Å². The summed E-state index contributed by atoms with van der Waals surface area (Å²) < 4.78 is 8.67. The molecule has 122 valence electrons. The van der Waals surface area contributed by atoms with Gasteiger partial charge in [0.25, 0.3) is 0 Å². The number of aromatic nitrogens is 2. The van der Waals surface area contributed by atoms with E-state index in [0.717, 1.165) is 22.4 Å². The highest BCUT2D eigenvalue weighted by Gasteiger charge is 2.31. The minimum absolute atomic E-state index is 0.944. The number of hydrogen-bond acceptors (Lipinski definition) is 2. The van der Waals surface area contributed by atoms with E-state index in [4.69, 9.17) is 4.74 Å². The van der Waals surface area contributed by atoms with Gasteiger partial charge in [0, 0.05) is 29.4 Å². The van der Waals surface area contributed by atoms with Crippen LogP contribution in [0.25, 0.3) is 32.8 Å². The Kier molecular flexibility index (Phi) is 2.76. The number of aryl methyl sites for hydroxylation is 4. The first kappa shape index (κ1) is 14.4. The Morgan fingerprint density at radius 2 is 1.84 bits per heavy atom. The third kappa shape index (κ3) is 1.81. The van der Waals surface area contributed by atoms with Crippen LogP contribution in [0, 0.1) is 20.8 Å². The molecule has 3 nitrogen and oxygen atoms in total. The van der Waals surface area contributed by atoms with Crippen LogP contribution < -0.4 is 9.30 Å². The van der Waals surface area contributed by atoms with E-state index in [1.165, 1.54) is 38.5 Å². The molecule has 0 fully saturated rings. The summed E-state index contributed by atoms with van der Waals surface area (Å²) in [5.74, 6) is 1.90. The van der Waals surface area contributed by atoms with Crippen molar-refractivity contribution >= 4 is 21.5 Å². The molecule has 3 heterocycles. The number of benzene rings is 2. The van der Waals surface area contributed by atoms with Gasteiger partial charge in [-0.15, -0.1) is 0 Å². The number of ether oxygens (including phenoxy) is 1. The standard InChI is InChI=1S/C22H19N2O/c1-12-9-15-6-8-24(4)21-19-13(2)16-5-7-23-11-17(16)14(3)22(19)25-18(10-12)20(15)21/h5-11H,1-4H3/q+1. The summed E-state index contributed by atoms with van der Waals surface area (Å²) in [5.41, 5.74) is 6.02. The van der Waals surface area contributed by atoms with Crippen LogP contribution in [-0.2, 0) is 7.05 Å². The lowest BCUT2D eigenvalue weighted by Gasteiger charge is -2.24. The number of pyridine rings is 2. The lowest BCUT2D eigenvalue weighted by molar-refractivity contribution is -0.659. The van der Waals surface area contributed by atoms with Crippen LogP contribution in [0.1, 0.15) is 16.7 Å². The average Bonchev–Trinajstić information content (AvgIpc) is 2.61. The molecule has 2 aromatic carbocycles. The number of fused-ring (bicyclic) bond motifs is 3. The molecule has 0 aliphatic carbocycles. The molecule has 0 amide bonds. The van der Waals surface area contributed by atoms with Crippen molar-refractivity contribution in [3.63, 3.8) is 0 Å². The van der Waals surface area contributed by atoms with Crippen molar-refractivity contribution in [2.24, 2.45) is 7.05 Å². The van der Waals surface area contributed by atoms with Gasteiger partial charge >= 0.3 is 0 Å². The highest BCUT2D eigenvalue weighted by atomic mass is 16.5. The molecular weight excluding hydrogens is 308 g/mol. The fourth-order valence-electron chi connectivity index (χ4n) is 4.15. The molecule has 0 radical (unpaired) electrons. The second-order valence-electron chi connectivity index (χ2n) is 6.98. The summed E-state index contributed by atoms with van der Waals surface area (Å²) in [6.07, 6.45) is 5.94. The molecule has 3 heteroatoms.